The Balaban J connectivity index is 1.76. The number of para-hydroxylation sites is 1. The zero-order valence-electron chi connectivity index (χ0n) is 16.5. The van der Waals surface area contributed by atoms with E-state index in [1.54, 1.807) is 30.3 Å². The second-order valence-electron chi connectivity index (χ2n) is 7.38. The van der Waals surface area contributed by atoms with Crippen molar-refractivity contribution in [2.24, 2.45) is 0 Å². The Bertz CT molecular complexity index is 889. The summed E-state index contributed by atoms with van der Waals surface area (Å²) in [5.41, 5.74) is 0.803. The quantitative estimate of drug-likeness (QED) is 0.703. The van der Waals surface area contributed by atoms with Gasteiger partial charge >= 0.3 is 6.09 Å². The summed E-state index contributed by atoms with van der Waals surface area (Å²) in [5.74, 6) is -0.564. The van der Waals surface area contributed by atoms with Crippen LogP contribution in [-0.2, 0) is 4.79 Å². The molecular formula is C22H24ClFN2O3. The third-order valence-corrected chi connectivity index (χ3v) is 5.28. The molecule has 1 saturated heterocycles. The second kappa shape index (κ2) is 9.27. The van der Waals surface area contributed by atoms with E-state index in [4.69, 9.17) is 16.3 Å². The molecule has 5 nitrogen and oxygen atoms in total. The zero-order chi connectivity index (χ0) is 21.0. The number of ether oxygens (including phenoxy) is 1. The van der Waals surface area contributed by atoms with Gasteiger partial charge in [0.2, 0.25) is 5.91 Å². The summed E-state index contributed by atoms with van der Waals surface area (Å²) in [6.07, 6.45) is 1.48. The topological polar surface area (TPSA) is 58.6 Å². The Labute approximate surface area is 174 Å². The minimum atomic E-state index is -0.724. The molecule has 2 amide bonds. The third kappa shape index (κ3) is 5.07. The average Bonchev–Trinajstić information content (AvgIpc) is 2.70. The van der Waals surface area contributed by atoms with Crippen molar-refractivity contribution in [3.8, 4) is 5.75 Å². The molecule has 29 heavy (non-hydrogen) atoms. The van der Waals surface area contributed by atoms with Crippen LogP contribution in [0.5, 0.6) is 5.75 Å². The summed E-state index contributed by atoms with van der Waals surface area (Å²) < 4.78 is 19.8. The van der Waals surface area contributed by atoms with Gasteiger partial charge in [-0.15, -0.1) is 0 Å². The molecule has 1 aliphatic rings. The fourth-order valence-corrected chi connectivity index (χ4v) is 3.76. The summed E-state index contributed by atoms with van der Waals surface area (Å²) in [7, 11) is 0. The van der Waals surface area contributed by atoms with E-state index < -0.39 is 23.9 Å². The lowest BCUT2D eigenvalue weighted by molar-refractivity contribution is -0.121. The maximum Gasteiger partial charge on any atom is 0.415 e. The number of anilines is 1. The number of halogens is 2. The van der Waals surface area contributed by atoms with Crippen LogP contribution in [0.3, 0.4) is 0 Å². The molecule has 1 atom stereocenters. The number of rotatable bonds is 4. The van der Waals surface area contributed by atoms with Crippen LogP contribution in [0.25, 0.3) is 0 Å². The lowest BCUT2D eigenvalue weighted by Gasteiger charge is -2.33. The number of hydrogen-bond donors (Lipinski definition) is 1. The van der Waals surface area contributed by atoms with E-state index >= 15 is 0 Å². The number of amides is 2. The van der Waals surface area contributed by atoms with Gasteiger partial charge in [-0.1, -0.05) is 43.6 Å². The van der Waals surface area contributed by atoms with Crippen molar-refractivity contribution in [1.82, 2.24) is 4.90 Å². The predicted octanol–water partition coefficient (Wildman–Crippen LogP) is 5.59. The second-order valence-corrected chi connectivity index (χ2v) is 7.79. The number of nitrogens with one attached hydrogen (secondary N) is 1. The van der Waals surface area contributed by atoms with Gasteiger partial charge in [0.15, 0.2) is 0 Å². The number of hydrogen-bond acceptors (Lipinski definition) is 3. The molecule has 2 aromatic carbocycles. The smallest absolute Gasteiger partial charge is 0.410 e. The van der Waals surface area contributed by atoms with Gasteiger partial charge in [-0.25, -0.2) is 9.18 Å². The van der Waals surface area contributed by atoms with E-state index in [0.29, 0.717) is 23.7 Å². The lowest BCUT2D eigenvalue weighted by Crippen LogP contribution is -2.51. The van der Waals surface area contributed by atoms with Crippen LogP contribution in [0.2, 0.25) is 5.02 Å². The van der Waals surface area contributed by atoms with Crippen molar-refractivity contribution in [2.75, 3.05) is 11.9 Å². The molecule has 0 bridgehead atoms. The first-order chi connectivity index (χ1) is 13.9. The van der Waals surface area contributed by atoms with E-state index in [-0.39, 0.29) is 11.6 Å². The molecule has 1 fully saturated rings. The van der Waals surface area contributed by atoms with Gasteiger partial charge in [0.1, 0.15) is 17.6 Å². The maximum absolute atomic E-state index is 14.4. The van der Waals surface area contributed by atoms with E-state index in [2.05, 4.69) is 5.32 Å². The first-order valence-electron chi connectivity index (χ1n) is 9.70. The van der Waals surface area contributed by atoms with Crippen LogP contribution in [0.4, 0.5) is 14.9 Å². The minimum absolute atomic E-state index is 0.0602. The van der Waals surface area contributed by atoms with Crippen LogP contribution in [0.1, 0.15) is 44.6 Å². The van der Waals surface area contributed by atoms with Gasteiger partial charge in [0.25, 0.3) is 0 Å². The van der Waals surface area contributed by atoms with Crippen LogP contribution < -0.4 is 10.1 Å². The van der Waals surface area contributed by atoms with Gasteiger partial charge in [-0.3, -0.25) is 9.69 Å². The van der Waals surface area contributed by atoms with Crippen molar-refractivity contribution < 1.29 is 18.7 Å². The summed E-state index contributed by atoms with van der Waals surface area (Å²) in [6.45, 7) is 4.28. The summed E-state index contributed by atoms with van der Waals surface area (Å²) in [6, 6.07) is 10.7. The number of benzene rings is 2. The van der Waals surface area contributed by atoms with Crippen molar-refractivity contribution in [1.29, 1.82) is 0 Å². The molecule has 1 N–H and O–H groups in total. The summed E-state index contributed by atoms with van der Waals surface area (Å²) in [4.78, 5) is 26.9. The van der Waals surface area contributed by atoms with Crippen LogP contribution in [0.15, 0.2) is 42.5 Å². The highest BCUT2D eigenvalue weighted by Crippen LogP contribution is 2.30. The molecule has 0 radical (unpaired) electrons. The van der Waals surface area contributed by atoms with Gasteiger partial charge in [-0.05, 0) is 55.0 Å². The predicted molar refractivity (Wildman–Crippen MR) is 111 cm³/mol. The number of carbonyl (C=O) groups excluding carboxylic acids is 2. The highest BCUT2D eigenvalue weighted by atomic mass is 35.5. The molecule has 7 heteroatoms. The number of nitrogens with zero attached hydrogens (tertiary/aromatic N) is 1. The monoisotopic (exact) mass is 418 g/mol. The van der Waals surface area contributed by atoms with Crippen LogP contribution in [0, 0.1) is 5.82 Å². The standard InChI is InChI=1S/C22H24ClFN2O3/c1-14(2)16-12-19(18(24)13-17(16)23)25-21(27)20-10-6-7-11-26(20)22(28)29-15-8-4-3-5-9-15/h3-5,8-9,12-14,20H,6-7,10-11H2,1-2H3,(H,25,27). The molecule has 154 valence electrons. The molecule has 1 heterocycles. The molecule has 0 aromatic heterocycles. The lowest BCUT2D eigenvalue weighted by atomic mass is 10.0. The van der Waals surface area contributed by atoms with Crippen molar-refractivity contribution in [3.63, 3.8) is 0 Å². The van der Waals surface area contributed by atoms with Crippen molar-refractivity contribution in [2.45, 2.75) is 45.1 Å². The molecule has 1 unspecified atom stereocenters. The Morgan fingerprint density at radius 2 is 1.93 bits per heavy atom. The van der Waals surface area contributed by atoms with Crippen LogP contribution in [-0.4, -0.2) is 29.5 Å². The van der Waals surface area contributed by atoms with E-state index in [1.807, 2.05) is 19.9 Å². The van der Waals surface area contributed by atoms with Crippen molar-refractivity contribution >= 4 is 29.3 Å². The third-order valence-electron chi connectivity index (χ3n) is 4.95. The van der Waals surface area contributed by atoms with Crippen molar-refractivity contribution in [3.05, 3.63) is 58.9 Å². The van der Waals surface area contributed by atoms with Gasteiger partial charge in [0, 0.05) is 11.6 Å². The Morgan fingerprint density at radius 1 is 1.21 bits per heavy atom. The summed E-state index contributed by atoms with van der Waals surface area (Å²) in [5, 5.41) is 2.95. The molecular weight excluding hydrogens is 395 g/mol. The van der Waals surface area contributed by atoms with E-state index in [9.17, 15) is 14.0 Å². The normalized spacial score (nSPS) is 16.6. The molecule has 0 saturated carbocycles. The van der Waals surface area contributed by atoms with Gasteiger partial charge in [-0.2, -0.15) is 0 Å². The fourth-order valence-electron chi connectivity index (χ4n) is 3.39. The van der Waals surface area contributed by atoms with Crippen LogP contribution >= 0.6 is 11.6 Å². The zero-order valence-corrected chi connectivity index (χ0v) is 17.2. The first-order valence-corrected chi connectivity index (χ1v) is 10.1. The maximum atomic E-state index is 14.4. The molecule has 0 spiro atoms. The highest BCUT2D eigenvalue weighted by Gasteiger charge is 2.34. The molecule has 1 aliphatic heterocycles. The first kappa shape index (κ1) is 21.1. The highest BCUT2D eigenvalue weighted by molar-refractivity contribution is 6.31. The number of likely N-dealkylation sites (tertiary alicyclic amines) is 1. The Hall–Kier alpha value is -2.60. The fraction of sp³-hybridized carbons (Fsp3) is 0.364. The Kier molecular flexibility index (Phi) is 6.75. The molecule has 3 rings (SSSR count). The number of carbonyl (C=O) groups is 2. The van der Waals surface area contributed by atoms with Gasteiger partial charge in [0.05, 0.1) is 5.69 Å². The molecule has 0 aliphatic carbocycles. The average molecular weight is 419 g/mol. The van der Waals surface area contributed by atoms with Gasteiger partial charge < -0.3 is 10.1 Å². The summed E-state index contributed by atoms with van der Waals surface area (Å²) >= 11 is 6.10. The minimum Gasteiger partial charge on any atom is -0.410 e. The largest absolute Gasteiger partial charge is 0.415 e. The number of piperidine rings is 1. The van der Waals surface area contributed by atoms with E-state index in [0.717, 1.165) is 18.4 Å². The van der Waals surface area contributed by atoms with E-state index in [1.165, 1.54) is 11.0 Å². The molecule has 2 aromatic rings. The Morgan fingerprint density at radius 3 is 2.62 bits per heavy atom. The SMILES string of the molecule is CC(C)c1cc(NC(=O)C2CCCCN2C(=O)Oc2ccccc2)c(F)cc1Cl.